The molecular weight excluding hydrogens is 395 g/mol. The Morgan fingerprint density at radius 3 is 2.48 bits per heavy atom. The summed E-state index contributed by atoms with van der Waals surface area (Å²) >= 11 is 0. The Hall–Kier alpha value is -3.61. The number of fused-ring (bicyclic) bond motifs is 2. The summed E-state index contributed by atoms with van der Waals surface area (Å²) in [6.45, 7) is 3.94. The monoisotopic (exact) mass is 416 g/mol. The molecule has 0 aliphatic carbocycles. The zero-order chi connectivity index (χ0) is 21.8. The van der Waals surface area contributed by atoms with E-state index in [1.165, 1.54) is 18.5 Å². The van der Waals surface area contributed by atoms with Crippen LogP contribution in [0, 0.1) is 19.7 Å². The smallest absolute Gasteiger partial charge is 0.258 e. The first-order valence-electron chi connectivity index (χ1n) is 10.2. The number of rotatable bonds is 2. The number of carbonyl (C=O) groups is 2. The number of para-hydroxylation sites is 1. The first kappa shape index (κ1) is 19.4. The van der Waals surface area contributed by atoms with Crippen LogP contribution in [0.4, 0.5) is 10.1 Å². The molecule has 31 heavy (non-hydrogen) atoms. The van der Waals surface area contributed by atoms with Crippen LogP contribution in [0.2, 0.25) is 0 Å². The molecule has 0 radical (unpaired) electrons. The summed E-state index contributed by atoms with van der Waals surface area (Å²) in [6.07, 6.45) is 1.90. The lowest BCUT2D eigenvalue weighted by Gasteiger charge is -2.34. The molecule has 2 unspecified atom stereocenters. The number of halogens is 1. The minimum atomic E-state index is -0.943. The van der Waals surface area contributed by atoms with Crippen LogP contribution in [0.5, 0.6) is 0 Å². The molecule has 0 saturated carbocycles. The summed E-state index contributed by atoms with van der Waals surface area (Å²) in [6, 6.07) is 13.0. The van der Waals surface area contributed by atoms with Crippen LogP contribution in [0.3, 0.4) is 0 Å². The van der Waals surface area contributed by atoms with Crippen LogP contribution >= 0.6 is 0 Å². The topological polar surface area (TPSA) is 75.2 Å². The van der Waals surface area contributed by atoms with Crippen molar-refractivity contribution in [2.75, 3.05) is 11.9 Å². The molecule has 1 fully saturated rings. The molecule has 2 amide bonds. The van der Waals surface area contributed by atoms with Gasteiger partial charge in [-0.1, -0.05) is 30.3 Å². The first-order valence-corrected chi connectivity index (χ1v) is 10.2. The number of likely N-dealkylation sites (tertiary alicyclic amines) is 1. The molecule has 1 saturated heterocycles. The van der Waals surface area contributed by atoms with Crippen LogP contribution in [0.25, 0.3) is 0 Å². The van der Waals surface area contributed by atoms with Gasteiger partial charge in [0.2, 0.25) is 5.91 Å². The predicted octanol–water partition coefficient (Wildman–Crippen LogP) is 3.71. The van der Waals surface area contributed by atoms with Crippen molar-refractivity contribution < 1.29 is 14.0 Å². The molecule has 2 aromatic carbocycles. The SMILES string of the molecule is Cc1ncnc(C)c1C(=O)N1CCC2(C(=O)Nc3ccccc32)C1c1ccc(F)cc1. The number of aryl methyl sites for hydroxylation is 2. The summed E-state index contributed by atoms with van der Waals surface area (Å²) in [5.41, 5.74) is 3.01. The standard InChI is InChI=1S/C24H21FN4O2/c1-14-20(15(2)27-13-26-14)22(30)29-12-11-24(21(29)16-7-9-17(25)10-8-16)18-5-3-4-6-19(18)28-23(24)31/h3-10,13,21H,11-12H2,1-2H3,(H,28,31). The summed E-state index contributed by atoms with van der Waals surface area (Å²) in [5.74, 6) is -0.733. The van der Waals surface area contributed by atoms with Gasteiger partial charge >= 0.3 is 0 Å². The lowest BCUT2D eigenvalue weighted by atomic mass is 9.72. The molecule has 1 aromatic heterocycles. The lowest BCUT2D eigenvalue weighted by molar-refractivity contribution is -0.121. The van der Waals surface area contributed by atoms with Crippen molar-refractivity contribution in [1.29, 1.82) is 0 Å². The molecule has 2 aliphatic heterocycles. The molecule has 2 atom stereocenters. The Morgan fingerprint density at radius 2 is 1.77 bits per heavy atom. The van der Waals surface area contributed by atoms with Crippen LogP contribution in [-0.4, -0.2) is 33.2 Å². The van der Waals surface area contributed by atoms with E-state index in [2.05, 4.69) is 15.3 Å². The van der Waals surface area contributed by atoms with Crippen LogP contribution in [0.1, 0.15) is 45.3 Å². The highest BCUT2D eigenvalue weighted by Crippen LogP contribution is 2.55. The highest BCUT2D eigenvalue weighted by atomic mass is 19.1. The number of aromatic nitrogens is 2. The van der Waals surface area contributed by atoms with E-state index in [1.807, 2.05) is 24.3 Å². The van der Waals surface area contributed by atoms with Crippen molar-refractivity contribution in [1.82, 2.24) is 14.9 Å². The molecule has 5 rings (SSSR count). The Morgan fingerprint density at radius 1 is 1.10 bits per heavy atom. The van der Waals surface area contributed by atoms with E-state index in [-0.39, 0.29) is 17.6 Å². The van der Waals surface area contributed by atoms with E-state index in [0.29, 0.717) is 35.5 Å². The summed E-state index contributed by atoms with van der Waals surface area (Å²) < 4.78 is 13.7. The van der Waals surface area contributed by atoms with Crippen molar-refractivity contribution in [2.45, 2.75) is 31.7 Å². The van der Waals surface area contributed by atoms with Crippen molar-refractivity contribution >= 4 is 17.5 Å². The molecule has 3 heterocycles. The number of hydrogen-bond donors (Lipinski definition) is 1. The second-order valence-corrected chi connectivity index (χ2v) is 8.09. The van der Waals surface area contributed by atoms with Gasteiger partial charge in [-0.15, -0.1) is 0 Å². The van der Waals surface area contributed by atoms with Crippen molar-refractivity contribution in [2.24, 2.45) is 0 Å². The van der Waals surface area contributed by atoms with E-state index in [9.17, 15) is 14.0 Å². The molecule has 2 aliphatic rings. The van der Waals surface area contributed by atoms with Gasteiger partial charge < -0.3 is 10.2 Å². The fourth-order valence-electron chi connectivity index (χ4n) is 5.06. The van der Waals surface area contributed by atoms with E-state index >= 15 is 0 Å². The van der Waals surface area contributed by atoms with Crippen LogP contribution in [-0.2, 0) is 10.2 Å². The molecule has 6 nitrogen and oxygen atoms in total. The summed E-state index contributed by atoms with van der Waals surface area (Å²) in [4.78, 5) is 37.2. The molecule has 7 heteroatoms. The maximum absolute atomic E-state index is 13.7. The quantitative estimate of drug-likeness (QED) is 0.691. The highest BCUT2D eigenvalue weighted by molar-refractivity contribution is 6.08. The zero-order valence-electron chi connectivity index (χ0n) is 17.2. The fraction of sp³-hybridized carbons (Fsp3) is 0.250. The third-order valence-corrected chi connectivity index (χ3v) is 6.47. The Balaban J connectivity index is 1.69. The minimum Gasteiger partial charge on any atom is -0.330 e. The van der Waals surface area contributed by atoms with E-state index < -0.39 is 11.5 Å². The van der Waals surface area contributed by atoms with Gasteiger partial charge in [0.15, 0.2) is 0 Å². The van der Waals surface area contributed by atoms with Gasteiger partial charge in [-0.2, -0.15) is 0 Å². The number of benzene rings is 2. The molecular formula is C24H21FN4O2. The Bertz CT molecular complexity index is 1190. The lowest BCUT2D eigenvalue weighted by Crippen LogP contribution is -2.43. The van der Waals surface area contributed by atoms with E-state index in [4.69, 9.17) is 0 Å². The number of hydrogen-bond acceptors (Lipinski definition) is 4. The Kier molecular flexibility index (Phi) is 4.36. The second-order valence-electron chi connectivity index (χ2n) is 8.09. The van der Waals surface area contributed by atoms with E-state index in [0.717, 1.165) is 11.3 Å². The first-order chi connectivity index (χ1) is 14.9. The number of carbonyl (C=O) groups excluding carboxylic acids is 2. The van der Waals surface area contributed by atoms with Crippen LogP contribution < -0.4 is 5.32 Å². The van der Waals surface area contributed by atoms with Crippen molar-refractivity contribution in [3.63, 3.8) is 0 Å². The maximum atomic E-state index is 13.7. The second kappa shape index (κ2) is 6.97. The van der Waals surface area contributed by atoms with Gasteiger partial charge in [0.05, 0.1) is 23.0 Å². The average Bonchev–Trinajstić information content (AvgIpc) is 3.28. The zero-order valence-corrected chi connectivity index (χ0v) is 17.2. The molecule has 0 bridgehead atoms. The van der Waals surface area contributed by atoms with Gasteiger partial charge in [0.1, 0.15) is 17.6 Å². The Labute approximate surface area is 179 Å². The van der Waals surface area contributed by atoms with Crippen LogP contribution in [0.15, 0.2) is 54.9 Å². The minimum absolute atomic E-state index is 0.143. The highest BCUT2D eigenvalue weighted by Gasteiger charge is 2.59. The largest absolute Gasteiger partial charge is 0.330 e. The van der Waals surface area contributed by atoms with Gasteiger partial charge in [-0.3, -0.25) is 9.59 Å². The average molecular weight is 416 g/mol. The van der Waals surface area contributed by atoms with Gasteiger partial charge in [0, 0.05) is 12.2 Å². The predicted molar refractivity (Wildman–Crippen MR) is 113 cm³/mol. The third-order valence-electron chi connectivity index (χ3n) is 6.47. The third kappa shape index (κ3) is 2.76. The number of nitrogens with zero attached hydrogens (tertiary/aromatic N) is 3. The van der Waals surface area contributed by atoms with Crippen molar-refractivity contribution in [3.05, 3.63) is 88.8 Å². The van der Waals surface area contributed by atoms with Crippen molar-refractivity contribution in [3.8, 4) is 0 Å². The molecule has 1 spiro atoms. The summed E-state index contributed by atoms with van der Waals surface area (Å²) in [7, 11) is 0. The fourth-order valence-corrected chi connectivity index (χ4v) is 5.06. The molecule has 156 valence electrons. The normalized spacial score (nSPS) is 22.0. The van der Waals surface area contributed by atoms with Gasteiger partial charge in [-0.25, -0.2) is 14.4 Å². The molecule has 1 N–H and O–H groups in total. The summed E-state index contributed by atoms with van der Waals surface area (Å²) in [5, 5.41) is 2.99. The van der Waals surface area contributed by atoms with E-state index in [1.54, 1.807) is 30.9 Å². The molecule has 3 aromatic rings. The number of nitrogens with one attached hydrogen (secondary N) is 1. The number of anilines is 1. The van der Waals surface area contributed by atoms with Gasteiger partial charge in [-0.05, 0) is 49.6 Å². The van der Waals surface area contributed by atoms with Gasteiger partial charge in [0.25, 0.3) is 5.91 Å². The maximum Gasteiger partial charge on any atom is 0.258 e. The number of amides is 2.